The second-order valence-electron chi connectivity index (χ2n) is 17.3. The van der Waals surface area contributed by atoms with Gasteiger partial charge in [0.1, 0.15) is 31.5 Å². The van der Waals surface area contributed by atoms with E-state index >= 15 is 0 Å². The van der Waals surface area contributed by atoms with E-state index in [0.717, 1.165) is 0 Å². The van der Waals surface area contributed by atoms with Crippen LogP contribution in [0, 0.1) is 52.3 Å². The number of ketones is 1. The highest BCUT2D eigenvalue weighted by molar-refractivity contribution is 6.09. The standard InChI is InChI=1S/C40H44O14/c1-15-8-9-51-24(41)6-7-25(42)52-13-18-20-12-23-37(3,21-11-22(21)39(23,49)14-53-34(15)46)32-30(43)27-17-10-19(17)38(4)28(27)29(40(20,32)54-36(18)48)26(31(44)33(38)45)16(2)35(47)50-5/h8,17,19,21-23,29-30,32-33,43,45,49H,6-7,9-14H2,1-5H3/b15-8+,26-16-/t17-,19+,21+,22-,23+,29-,30-,32-,33-,37-,38-,39-,40+/m0/s1. The molecule has 2 aliphatic heterocycles. The van der Waals surface area contributed by atoms with Crippen LogP contribution < -0.4 is 0 Å². The number of aliphatic hydroxyl groups excluding tert-OH is 2. The highest BCUT2D eigenvalue weighted by Gasteiger charge is 2.85. The van der Waals surface area contributed by atoms with Crippen molar-refractivity contribution in [2.24, 2.45) is 52.3 Å². The van der Waals surface area contributed by atoms with Crippen molar-refractivity contribution < 1.29 is 67.8 Å². The molecule has 0 unspecified atom stereocenters. The van der Waals surface area contributed by atoms with Gasteiger partial charge in [-0.05, 0) is 85.0 Å². The lowest BCUT2D eigenvalue weighted by Gasteiger charge is -2.64. The van der Waals surface area contributed by atoms with Gasteiger partial charge in [0.15, 0.2) is 11.4 Å². The van der Waals surface area contributed by atoms with Gasteiger partial charge in [-0.25, -0.2) is 14.4 Å². The lowest BCUT2D eigenvalue weighted by atomic mass is 9.41. The van der Waals surface area contributed by atoms with Crippen LogP contribution in [0.25, 0.3) is 0 Å². The monoisotopic (exact) mass is 748 g/mol. The van der Waals surface area contributed by atoms with E-state index < -0.39 is 101 Å². The number of aliphatic hydroxyl groups is 3. The number of esters is 5. The van der Waals surface area contributed by atoms with Gasteiger partial charge in [0.25, 0.3) is 0 Å². The average Bonchev–Trinajstić information content (AvgIpc) is 4.05. The van der Waals surface area contributed by atoms with Crippen LogP contribution in [0.3, 0.4) is 0 Å². The first-order chi connectivity index (χ1) is 25.5. The van der Waals surface area contributed by atoms with Gasteiger partial charge in [-0.1, -0.05) is 13.8 Å². The number of hydrogen-bond acceptors (Lipinski definition) is 14. The van der Waals surface area contributed by atoms with Gasteiger partial charge in [0.2, 0.25) is 0 Å². The zero-order valence-corrected chi connectivity index (χ0v) is 30.8. The minimum absolute atomic E-state index is 0.00940. The summed E-state index contributed by atoms with van der Waals surface area (Å²) in [6, 6.07) is 0. The Balaban J connectivity index is 1.29. The Bertz CT molecular complexity index is 2000. The zero-order chi connectivity index (χ0) is 38.6. The van der Waals surface area contributed by atoms with Crippen LogP contribution >= 0.6 is 0 Å². The highest BCUT2D eigenvalue weighted by atomic mass is 16.6. The maximum Gasteiger partial charge on any atom is 0.338 e. The number of fused-ring (bicyclic) bond motifs is 7. The number of carbonyl (C=O) groups is 6. The van der Waals surface area contributed by atoms with E-state index in [9.17, 15) is 44.1 Å². The van der Waals surface area contributed by atoms with Gasteiger partial charge in [-0.2, -0.15) is 0 Å². The quantitative estimate of drug-likeness (QED) is 0.150. The normalized spacial score (nSPS) is 48.0. The van der Waals surface area contributed by atoms with E-state index in [4.69, 9.17) is 23.7 Å². The van der Waals surface area contributed by atoms with Crippen LogP contribution in [0.4, 0.5) is 0 Å². The molecule has 0 aromatic rings. The fourth-order valence-electron chi connectivity index (χ4n) is 12.7. The van der Waals surface area contributed by atoms with Gasteiger partial charge < -0.3 is 39.0 Å². The third-order valence-corrected chi connectivity index (χ3v) is 15.2. The first-order valence-electron chi connectivity index (χ1n) is 18.8. The minimum Gasteiger partial charge on any atom is -0.466 e. The minimum atomic E-state index is -1.79. The molecule has 0 aromatic heterocycles. The smallest absolute Gasteiger partial charge is 0.338 e. The number of methoxy groups -OCH3 is 1. The van der Waals surface area contributed by atoms with E-state index in [-0.39, 0.29) is 71.8 Å². The van der Waals surface area contributed by atoms with E-state index in [1.54, 1.807) is 6.92 Å². The number of rotatable bonds is 1. The molecule has 9 rings (SSSR count). The molecule has 5 saturated carbocycles. The number of cyclic esters (lactones) is 3. The second-order valence-corrected chi connectivity index (χ2v) is 17.3. The van der Waals surface area contributed by atoms with E-state index in [0.29, 0.717) is 29.6 Å². The summed E-state index contributed by atoms with van der Waals surface area (Å²) in [6.07, 6.45) is -0.944. The van der Waals surface area contributed by atoms with Crippen molar-refractivity contribution in [3.63, 3.8) is 0 Å². The Hall–Kier alpha value is -4.14. The van der Waals surface area contributed by atoms with E-state index in [1.165, 1.54) is 27.0 Å². The van der Waals surface area contributed by atoms with Crippen molar-refractivity contribution in [1.82, 2.24) is 0 Å². The summed E-state index contributed by atoms with van der Waals surface area (Å²) in [6.45, 7) is 5.51. The zero-order valence-electron chi connectivity index (χ0n) is 30.8. The van der Waals surface area contributed by atoms with Gasteiger partial charge in [-0.3, -0.25) is 14.4 Å². The molecule has 0 amide bonds. The van der Waals surface area contributed by atoms with Gasteiger partial charge in [0.05, 0.1) is 37.5 Å². The molecule has 3 N–H and O–H groups in total. The molecule has 13 atom stereocenters. The molecule has 14 heteroatoms. The van der Waals surface area contributed by atoms with Crippen molar-refractivity contribution in [2.75, 3.05) is 26.9 Å². The van der Waals surface area contributed by atoms with Gasteiger partial charge in [-0.15, -0.1) is 0 Å². The summed E-state index contributed by atoms with van der Waals surface area (Å²) in [5.41, 5.74) is -3.96. The molecule has 7 aliphatic carbocycles. The molecule has 9 aliphatic rings. The molecule has 0 radical (unpaired) electrons. The molecule has 0 aromatic carbocycles. The van der Waals surface area contributed by atoms with Crippen LogP contribution in [0.5, 0.6) is 0 Å². The highest BCUT2D eigenvalue weighted by Crippen LogP contribution is 2.83. The Labute approximate surface area is 310 Å². The number of hydrogen-bond donors (Lipinski definition) is 3. The summed E-state index contributed by atoms with van der Waals surface area (Å²) in [4.78, 5) is 80.9. The molecule has 1 spiro atoms. The van der Waals surface area contributed by atoms with Crippen molar-refractivity contribution in [3.05, 3.63) is 45.1 Å². The molecule has 288 valence electrons. The molecule has 0 saturated heterocycles. The fraction of sp³-hybridized carbons (Fsp3) is 0.650. The van der Waals surface area contributed by atoms with Gasteiger partial charge in [0, 0.05) is 34.0 Å². The summed E-state index contributed by atoms with van der Waals surface area (Å²) in [5.74, 6) is -8.25. The Morgan fingerprint density at radius 1 is 0.944 bits per heavy atom. The van der Waals surface area contributed by atoms with Crippen LogP contribution in [0.1, 0.15) is 59.8 Å². The van der Waals surface area contributed by atoms with Crippen molar-refractivity contribution in [1.29, 1.82) is 0 Å². The Kier molecular flexibility index (Phi) is 7.39. The number of carbonyl (C=O) groups excluding carboxylic acids is 6. The predicted molar refractivity (Wildman–Crippen MR) is 180 cm³/mol. The van der Waals surface area contributed by atoms with Crippen LogP contribution in [-0.2, 0) is 52.5 Å². The largest absolute Gasteiger partial charge is 0.466 e. The summed E-state index contributed by atoms with van der Waals surface area (Å²) in [5, 5.41) is 37.5. The lowest BCUT2D eigenvalue weighted by molar-refractivity contribution is -0.206. The van der Waals surface area contributed by atoms with Crippen molar-refractivity contribution >= 4 is 35.6 Å². The third-order valence-electron chi connectivity index (χ3n) is 15.2. The predicted octanol–water partition coefficient (Wildman–Crippen LogP) is 1.35. The first-order valence-corrected chi connectivity index (χ1v) is 18.8. The van der Waals surface area contributed by atoms with Crippen molar-refractivity contribution in [2.45, 2.75) is 83.2 Å². The van der Waals surface area contributed by atoms with Crippen molar-refractivity contribution in [3.8, 4) is 0 Å². The van der Waals surface area contributed by atoms with E-state index in [2.05, 4.69) is 0 Å². The average molecular weight is 749 g/mol. The molecule has 54 heavy (non-hydrogen) atoms. The number of ether oxygens (including phenoxy) is 5. The van der Waals surface area contributed by atoms with Crippen LogP contribution in [0.15, 0.2) is 45.1 Å². The maximum absolute atomic E-state index is 14.6. The van der Waals surface area contributed by atoms with Crippen LogP contribution in [-0.4, -0.2) is 101 Å². The molecule has 2 bridgehead atoms. The number of Topliss-reactive ketones (excluding diaryl/α,β-unsaturated/α-hetero) is 1. The lowest BCUT2D eigenvalue weighted by Crippen LogP contribution is -2.70. The second kappa shape index (κ2) is 11.2. The first kappa shape index (κ1) is 35.6. The molecular formula is C40H44O14. The Morgan fingerprint density at radius 2 is 1.65 bits per heavy atom. The van der Waals surface area contributed by atoms with Gasteiger partial charge >= 0.3 is 29.8 Å². The van der Waals surface area contributed by atoms with E-state index in [1.807, 2.05) is 6.92 Å². The maximum atomic E-state index is 14.6. The summed E-state index contributed by atoms with van der Waals surface area (Å²) >= 11 is 0. The Morgan fingerprint density at radius 3 is 2.35 bits per heavy atom. The molecule has 14 nitrogen and oxygen atoms in total. The summed E-state index contributed by atoms with van der Waals surface area (Å²) in [7, 11) is 1.18. The topological polar surface area (TPSA) is 209 Å². The summed E-state index contributed by atoms with van der Waals surface area (Å²) < 4.78 is 28.2. The molecule has 2 heterocycles. The third kappa shape index (κ3) is 4.16. The molecular weight excluding hydrogens is 704 g/mol. The van der Waals surface area contributed by atoms with Crippen LogP contribution in [0.2, 0.25) is 0 Å². The fourth-order valence-corrected chi connectivity index (χ4v) is 12.7. The SMILES string of the molecule is COC(=O)/C(C)=C1\C(=O)[C@H](O)[C@]2(C)C3=C([C@H]4C[C@H]42)[C@H](O)[C@@H]2[C@]4(OC(=O)C5=C4C[C@H]4[C@](O)(COC(=O)/C(C)=C/COC(=O)CCC(=O)OC5)[C@H]5C[C@H]5[C@]24C)[C@H]31. The molecule has 5 fully saturated rings.